The molecule has 2 N–H and O–H groups in total. The van der Waals surface area contributed by atoms with Gasteiger partial charge in [0.25, 0.3) is 0 Å². The summed E-state index contributed by atoms with van der Waals surface area (Å²) in [5, 5.41) is 6.71. The molecule has 1 saturated heterocycles. The Balaban J connectivity index is 1.94. The van der Waals surface area contributed by atoms with Gasteiger partial charge >= 0.3 is 0 Å². The van der Waals surface area contributed by atoms with Gasteiger partial charge in [-0.1, -0.05) is 25.8 Å². The third-order valence-electron chi connectivity index (χ3n) is 4.65. The first-order chi connectivity index (χ1) is 14.5. The van der Waals surface area contributed by atoms with Crippen LogP contribution < -0.4 is 20.1 Å². The molecule has 0 aliphatic carbocycles. The molecule has 0 spiro atoms. The summed E-state index contributed by atoms with van der Waals surface area (Å²) in [4.78, 5) is 7.17. The van der Waals surface area contributed by atoms with Gasteiger partial charge in [0.2, 0.25) is 0 Å². The van der Waals surface area contributed by atoms with E-state index in [-0.39, 0.29) is 12.7 Å². The number of aliphatic imine (C=N–C) groups is 1. The minimum atomic E-state index is 0.158. The van der Waals surface area contributed by atoms with Crippen LogP contribution in [0.5, 0.6) is 11.5 Å². The largest absolute Gasteiger partial charge is 0.493 e. The van der Waals surface area contributed by atoms with Gasteiger partial charge in [0, 0.05) is 32.7 Å². The first-order valence-electron chi connectivity index (χ1n) is 10.6. The number of benzene rings is 1. The van der Waals surface area contributed by atoms with Crippen molar-refractivity contribution in [1.29, 1.82) is 0 Å². The summed E-state index contributed by atoms with van der Waals surface area (Å²) in [7, 11) is 1.61. The standard InChI is InChI=1S/C23H36N4O3/c1-6-11-30-22-13-19(8-9-21(22)28-5)14-25-23(24-7-2)26-15-20-17-27(10-12-29-20)16-18(3)4/h1,8-9,13,18,20H,7,10-12,14-17H2,2-5H3,(H2,24,25,26). The van der Waals surface area contributed by atoms with Crippen LogP contribution in [0.2, 0.25) is 0 Å². The molecule has 1 aromatic carbocycles. The number of nitrogens with one attached hydrogen (secondary N) is 2. The van der Waals surface area contributed by atoms with Crippen molar-refractivity contribution < 1.29 is 14.2 Å². The van der Waals surface area contributed by atoms with Gasteiger partial charge < -0.3 is 24.8 Å². The van der Waals surface area contributed by atoms with Gasteiger partial charge in [0.05, 0.1) is 26.4 Å². The highest BCUT2D eigenvalue weighted by Gasteiger charge is 2.21. The van der Waals surface area contributed by atoms with E-state index in [9.17, 15) is 0 Å². The monoisotopic (exact) mass is 416 g/mol. The number of hydrogen-bond acceptors (Lipinski definition) is 5. The average Bonchev–Trinajstić information content (AvgIpc) is 2.74. The van der Waals surface area contributed by atoms with Crippen LogP contribution in [-0.4, -0.2) is 70.0 Å². The number of guanidine groups is 1. The minimum Gasteiger partial charge on any atom is -0.493 e. The lowest BCUT2D eigenvalue weighted by Crippen LogP contribution is -2.50. The van der Waals surface area contributed by atoms with Crippen LogP contribution in [0.3, 0.4) is 0 Å². The molecule has 2 rings (SSSR count). The highest BCUT2D eigenvalue weighted by molar-refractivity contribution is 5.79. The predicted molar refractivity (Wildman–Crippen MR) is 121 cm³/mol. The van der Waals surface area contributed by atoms with Crippen molar-refractivity contribution in [3.05, 3.63) is 23.8 Å². The molecular formula is C23H36N4O3. The Morgan fingerprint density at radius 3 is 2.90 bits per heavy atom. The van der Waals surface area contributed by atoms with Crippen LogP contribution in [0, 0.1) is 18.3 Å². The number of rotatable bonds is 10. The zero-order valence-electron chi connectivity index (χ0n) is 18.7. The fourth-order valence-corrected chi connectivity index (χ4v) is 3.36. The number of hydrogen-bond donors (Lipinski definition) is 2. The summed E-state index contributed by atoms with van der Waals surface area (Å²) >= 11 is 0. The van der Waals surface area contributed by atoms with E-state index in [4.69, 9.17) is 25.6 Å². The van der Waals surface area contributed by atoms with E-state index in [1.54, 1.807) is 7.11 Å². The third kappa shape index (κ3) is 8.13. The molecule has 7 nitrogen and oxygen atoms in total. The molecule has 1 aromatic rings. The maximum atomic E-state index is 5.93. The normalized spacial score (nSPS) is 17.5. The van der Waals surface area contributed by atoms with Crippen LogP contribution in [0.15, 0.2) is 23.2 Å². The number of ether oxygens (including phenoxy) is 3. The SMILES string of the molecule is C#CCOc1cc(CN=C(NCC)NCC2CN(CC(C)C)CCO2)ccc1OC. The Hall–Kier alpha value is -2.43. The van der Waals surface area contributed by atoms with E-state index >= 15 is 0 Å². The van der Waals surface area contributed by atoms with Crippen LogP contribution in [0.25, 0.3) is 0 Å². The Kier molecular flexibility index (Phi) is 10.3. The summed E-state index contributed by atoms with van der Waals surface area (Å²) in [6, 6.07) is 5.76. The predicted octanol–water partition coefficient (Wildman–Crippen LogP) is 2.12. The number of nitrogens with zero attached hydrogens (tertiary/aromatic N) is 2. The van der Waals surface area contributed by atoms with E-state index < -0.39 is 0 Å². The van der Waals surface area contributed by atoms with Crippen LogP contribution in [0.1, 0.15) is 26.3 Å². The van der Waals surface area contributed by atoms with E-state index in [2.05, 4.69) is 42.2 Å². The molecule has 1 heterocycles. The molecular weight excluding hydrogens is 380 g/mol. The van der Waals surface area contributed by atoms with E-state index in [0.29, 0.717) is 24.0 Å². The van der Waals surface area contributed by atoms with E-state index in [1.165, 1.54) is 0 Å². The molecule has 0 saturated carbocycles. The van der Waals surface area contributed by atoms with Crippen molar-refractivity contribution in [1.82, 2.24) is 15.5 Å². The fourth-order valence-electron chi connectivity index (χ4n) is 3.36. The van der Waals surface area contributed by atoms with Crippen LogP contribution in [0.4, 0.5) is 0 Å². The summed E-state index contributed by atoms with van der Waals surface area (Å²) in [6.45, 7) is 12.6. The second-order valence-electron chi connectivity index (χ2n) is 7.70. The fraction of sp³-hybridized carbons (Fsp3) is 0.609. The molecule has 0 amide bonds. The molecule has 0 bridgehead atoms. The number of morpholine rings is 1. The quantitative estimate of drug-likeness (QED) is 0.346. The summed E-state index contributed by atoms with van der Waals surface area (Å²) in [5.41, 5.74) is 1.01. The van der Waals surface area contributed by atoms with Crippen LogP contribution >= 0.6 is 0 Å². The first-order valence-corrected chi connectivity index (χ1v) is 10.6. The molecule has 7 heteroatoms. The van der Waals surface area contributed by atoms with Crippen LogP contribution in [-0.2, 0) is 11.3 Å². The third-order valence-corrected chi connectivity index (χ3v) is 4.65. The highest BCUT2D eigenvalue weighted by atomic mass is 16.5. The maximum Gasteiger partial charge on any atom is 0.191 e. The topological polar surface area (TPSA) is 67.4 Å². The van der Waals surface area contributed by atoms with Crippen molar-refractivity contribution in [2.75, 3.05) is 53.0 Å². The lowest BCUT2D eigenvalue weighted by molar-refractivity contribution is -0.0284. The molecule has 1 atom stereocenters. The van der Waals surface area contributed by atoms with Gasteiger partial charge in [0.1, 0.15) is 6.61 Å². The Morgan fingerprint density at radius 1 is 1.37 bits per heavy atom. The summed E-state index contributed by atoms with van der Waals surface area (Å²) in [6.07, 6.45) is 5.46. The van der Waals surface area contributed by atoms with Gasteiger partial charge in [-0.2, -0.15) is 0 Å². The Morgan fingerprint density at radius 2 is 2.20 bits per heavy atom. The molecule has 1 fully saturated rings. The van der Waals surface area contributed by atoms with Crippen molar-refractivity contribution in [2.24, 2.45) is 10.9 Å². The molecule has 1 aliphatic heterocycles. The van der Waals surface area contributed by atoms with Gasteiger partial charge in [0.15, 0.2) is 17.5 Å². The van der Waals surface area contributed by atoms with Gasteiger partial charge in [-0.15, -0.1) is 6.42 Å². The van der Waals surface area contributed by atoms with Gasteiger partial charge in [-0.25, -0.2) is 4.99 Å². The second kappa shape index (κ2) is 13.0. The molecule has 0 aromatic heterocycles. The average molecular weight is 417 g/mol. The molecule has 166 valence electrons. The summed E-state index contributed by atoms with van der Waals surface area (Å²) < 4.78 is 16.8. The number of methoxy groups -OCH3 is 1. The number of terminal acetylenes is 1. The molecule has 1 aliphatic rings. The summed E-state index contributed by atoms with van der Waals surface area (Å²) in [5.74, 6) is 5.19. The Bertz CT molecular complexity index is 715. The van der Waals surface area contributed by atoms with Crippen molar-refractivity contribution in [3.8, 4) is 23.8 Å². The van der Waals surface area contributed by atoms with E-state index in [1.807, 2.05) is 18.2 Å². The zero-order valence-corrected chi connectivity index (χ0v) is 18.7. The zero-order chi connectivity index (χ0) is 21.8. The lowest BCUT2D eigenvalue weighted by atomic mass is 10.2. The molecule has 30 heavy (non-hydrogen) atoms. The van der Waals surface area contributed by atoms with Crippen molar-refractivity contribution in [2.45, 2.75) is 33.4 Å². The maximum absolute atomic E-state index is 5.93. The van der Waals surface area contributed by atoms with Crippen molar-refractivity contribution in [3.63, 3.8) is 0 Å². The van der Waals surface area contributed by atoms with E-state index in [0.717, 1.165) is 50.9 Å². The molecule has 1 unspecified atom stereocenters. The van der Waals surface area contributed by atoms with Crippen molar-refractivity contribution >= 4 is 5.96 Å². The first kappa shape index (κ1) is 23.8. The second-order valence-corrected chi connectivity index (χ2v) is 7.70. The Labute approximate surface area is 181 Å². The minimum absolute atomic E-state index is 0.158. The van der Waals surface area contributed by atoms with Gasteiger partial charge in [-0.3, -0.25) is 4.90 Å². The smallest absolute Gasteiger partial charge is 0.191 e. The lowest BCUT2D eigenvalue weighted by Gasteiger charge is -2.34. The van der Waals surface area contributed by atoms with Gasteiger partial charge in [-0.05, 0) is 30.5 Å². The highest BCUT2D eigenvalue weighted by Crippen LogP contribution is 2.28. The molecule has 0 radical (unpaired) electrons.